The molecule has 5 nitrogen and oxygen atoms in total. The number of aryl methyl sites for hydroxylation is 1. The molecule has 1 fully saturated rings. The summed E-state index contributed by atoms with van der Waals surface area (Å²) in [4.78, 5) is 12.0. The van der Waals surface area contributed by atoms with Gasteiger partial charge in [-0.3, -0.25) is 9.38 Å². The zero-order valence-electron chi connectivity index (χ0n) is 16.6. The number of fused-ring (bicyclic) bond motifs is 1. The van der Waals surface area contributed by atoms with E-state index in [1.54, 1.807) is 13.2 Å². The normalized spacial score (nSPS) is 13.5. The number of ether oxygens (including phenoxy) is 1. The lowest BCUT2D eigenvalue weighted by Gasteiger charge is -2.25. The molecule has 156 valence electrons. The van der Waals surface area contributed by atoms with Gasteiger partial charge in [0.1, 0.15) is 11.5 Å². The van der Waals surface area contributed by atoms with Crippen LogP contribution < -0.4 is 4.90 Å². The molecule has 1 saturated carbocycles. The van der Waals surface area contributed by atoms with E-state index in [9.17, 15) is 0 Å². The SMILES string of the molecule is CCc1nc2c(-c3ccc(Cl)cc3Cl)nccn2c1N(CCOC)CC1CC1.Cl. The molecule has 0 N–H and O–H groups in total. The summed E-state index contributed by atoms with van der Waals surface area (Å²) < 4.78 is 7.51. The van der Waals surface area contributed by atoms with Gasteiger partial charge < -0.3 is 9.64 Å². The highest BCUT2D eigenvalue weighted by atomic mass is 35.5. The van der Waals surface area contributed by atoms with Crippen molar-refractivity contribution in [1.82, 2.24) is 14.4 Å². The summed E-state index contributed by atoms with van der Waals surface area (Å²) in [5, 5.41) is 1.18. The Morgan fingerprint density at radius 1 is 1.28 bits per heavy atom. The minimum Gasteiger partial charge on any atom is -0.383 e. The van der Waals surface area contributed by atoms with Gasteiger partial charge in [-0.05, 0) is 43.4 Å². The Labute approximate surface area is 187 Å². The Hall–Kier alpha value is -1.53. The van der Waals surface area contributed by atoms with Gasteiger partial charge in [0.2, 0.25) is 0 Å². The molecule has 0 atom stereocenters. The third-order valence-corrected chi connectivity index (χ3v) is 5.70. The van der Waals surface area contributed by atoms with Crippen LogP contribution in [-0.2, 0) is 11.2 Å². The average Bonchev–Trinajstić information content (AvgIpc) is 3.42. The fraction of sp³-hybridized carbons (Fsp3) is 0.429. The van der Waals surface area contributed by atoms with E-state index in [1.165, 1.54) is 12.8 Å². The first kappa shape index (κ1) is 22.2. The van der Waals surface area contributed by atoms with Crippen LogP contribution >= 0.6 is 35.6 Å². The lowest BCUT2D eigenvalue weighted by molar-refractivity contribution is 0.204. The Morgan fingerprint density at radius 3 is 2.72 bits per heavy atom. The lowest BCUT2D eigenvalue weighted by atomic mass is 10.1. The minimum atomic E-state index is 0. The number of hydrogen-bond acceptors (Lipinski definition) is 4. The molecule has 0 unspecified atom stereocenters. The molecular weight excluding hydrogens is 431 g/mol. The first-order valence-electron chi connectivity index (χ1n) is 9.67. The number of rotatable bonds is 8. The monoisotopic (exact) mass is 454 g/mol. The van der Waals surface area contributed by atoms with Gasteiger partial charge in [0.25, 0.3) is 0 Å². The van der Waals surface area contributed by atoms with Crippen molar-refractivity contribution in [3.63, 3.8) is 0 Å². The van der Waals surface area contributed by atoms with Crippen molar-refractivity contribution >= 4 is 47.1 Å². The predicted molar refractivity (Wildman–Crippen MR) is 122 cm³/mol. The van der Waals surface area contributed by atoms with Gasteiger partial charge in [-0.2, -0.15) is 0 Å². The molecule has 0 amide bonds. The van der Waals surface area contributed by atoms with Crippen LogP contribution in [0.25, 0.3) is 16.9 Å². The van der Waals surface area contributed by atoms with Crippen molar-refractivity contribution in [2.45, 2.75) is 26.2 Å². The molecule has 1 aliphatic rings. The van der Waals surface area contributed by atoms with Crippen LogP contribution in [0.5, 0.6) is 0 Å². The van der Waals surface area contributed by atoms with Gasteiger partial charge in [0.05, 0.1) is 17.3 Å². The van der Waals surface area contributed by atoms with Crippen molar-refractivity contribution in [3.8, 4) is 11.3 Å². The number of nitrogens with zero attached hydrogens (tertiary/aromatic N) is 4. The van der Waals surface area contributed by atoms with Crippen LogP contribution in [0.3, 0.4) is 0 Å². The molecule has 29 heavy (non-hydrogen) atoms. The van der Waals surface area contributed by atoms with Crippen LogP contribution in [0.1, 0.15) is 25.5 Å². The van der Waals surface area contributed by atoms with Crippen molar-refractivity contribution in [2.24, 2.45) is 5.92 Å². The topological polar surface area (TPSA) is 42.7 Å². The van der Waals surface area contributed by atoms with E-state index in [-0.39, 0.29) is 12.4 Å². The summed E-state index contributed by atoms with van der Waals surface area (Å²) >= 11 is 12.5. The summed E-state index contributed by atoms with van der Waals surface area (Å²) in [6.07, 6.45) is 7.24. The summed E-state index contributed by atoms with van der Waals surface area (Å²) in [5.74, 6) is 1.90. The Morgan fingerprint density at radius 2 is 2.07 bits per heavy atom. The molecule has 4 rings (SSSR count). The molecule has 0 radical (unpaired) electrons. The fourth-order valence-corrected chi connectivity index (χ4v) is 4.05. The van der Waals surface area contributed by atoms with Crippen LogP contribution in [0.2, 0.25) is 10.0 Å². The lowest BCUT2D eigenvalue weighted by Crippen LogP contribution is -2.31. The second-order valence-electron chi connectivity index (χ2n) is 7.21. The zero-order chi connectivity index (χ0) is 19.7. The number of hydrogen-bond donors (Lipinski definition) is 0. The molecule has 1 aliphatic carbocycles. The Kier molecular flexibility index (Phi) is 7.28. The van der Waals surface area contributed by atoms with Crippen LogP contribution in [0.4, 0.5) is 5.82 Å². The van der Waals surface area contributed by atoms with E-state index in [4.69, 9.17) is 32.9 Å². The number of aromatic nitrogens is 3. The first-order chi connectivity index (χ1) is 13.6. The molecule has 8 heteroatoms. The third-order valence-electron chi connectivity index (χ3n) is 5.15. The van der Waals surface area contributed by atoms with E-state index in [2.05, 4.69) is 21.2 Å². The summed E-state index contributed by atoms with van der Waals surface area (Å²) in [6, 6.07) is 5.47. The molecule has 2 aromatic heterocycles. The zero-order valence-corrected chi connectivity index (χ0v) is 18.9. The number of benzene rings is 1. The second kappa shape index (κ2) is 9.52. The summed E-state index contributed by atoms with van der Waals surface area (Å²) in [6.45, 7) is 4.69. The van der Waals surface area contributed by atoms with E-state index in [1.807, 2.05) is 24.5 Å². The van der Waals surface area contributed by atoms with Crippen molar-refractivity contribution in [1.29, 1.82) is 0 Å². The van der Waals surface area contributed by atoms with E-state index in [0.717, 1.165) is 53.8 Å². The molecule has 3 aromatic rings. The van der Waals surface area contributed by atoms with Crippen LogP contribution in [-0.4, -0.2) is 41.2 Å². The minimum absolute atomic E-state index is 0. The van der Waals surface area contributed by atoms with Crippen molar-refractivity contribution in [2.75, 3.05) is 31.7 Å². The molecular formula is C21H25Cl3N4O. The molecule has 1 aromatic carbocycles. The fourth-order valence-electron chi connectivity index (χ4n) is 3.55. The highest BCUT2D eigenvalue weighted by molar-refractivity contribution is 6.36. The third kappa shape index (κ3) is 4.64. The average molecular weight is 456 g/mol. The molecule has 2 heterocycles. The quantitative estimate of drug-likeness (QED) is 0.446. The maximum absolute atomic E-state index is 6.46. The van der Waals surface area contributed by atoms with Crippen LogP contribution in [0, 0.1) is 5.92 Å². The van der Waals surface area contributed by atoms with E-state index >= 15 is 0 Å². The Bertz CT molecular complexity index is 987. The number of anilines is 1. The highest BCUT2D eigenvalue weighted by Crippen LogP contribution is 2.36. The maximum atomic E-state index is 6.46. The molecule has 0 aliphatic heterocycles. The molecule has 0 bridgehead atoms. The van der Waals surface area contributed by atoms with Gasteiger partial charge in [-0.25, -0.2) is 4.98 Å². The number of imidazole rings is 1. The molecule has 0 saturated heterocycles. The number of methoxy groups -OCH3 is 1. The van der Waals surface area contributed by atoms with Gasteiger partial charge >= 0.3 is 0 Å². The van der Waals surface area contributed by atoms with E-state index < -0.39 is 0 Å². The predicted octanol–water partition coefficient (Wildman–Crippen LogP) is 5.55. The highest BCUT2D eigenvalue weighted by Gasteiger charge is 2.28. The molecule has 0 spiro atoms. The van der Waals surface area contributed by atoms with Gasteiger partial charge in [0.15, 0.2) is 5.65 Å². The summed E-state index contributed by atoms with van der Waals surface area (Å²) in [5.41, 5.74) is 3.48. The standard InChI is InChI=1S/C21H24Cl2N4O.ClH/c1-3-18-21(26(10-11-28-2)13-14-4-5-14)27-9-8-24-19(20(27)25-18)16-7-6-15(22)12-17(16)23;/h6-9,12,14H,3-5,10-11,13H2,1-2H3;1H. The van der Waals surface area contributed by atoms with Gasteiger partial charge in [-0.15, -0.1) is 12.4 Å². The van der Waals surface area contributed by atoms with Crippen molar-refractivity contribution in [3.05, 3.63) is 46.3 Å². The van der Waals surface area contributed by atoms with Gasteiger partial charge in [0, 0.05) is 43.2 Å². The smallest absolute Gasteiger partial charge is 0.165 e. The maximum Gasteiger partial charge on any atom is 0.165 e. The largest absolute Gasteiger partial charge is 0.383 e. The van der Waals surface area contributed by atoms with Gasteiger partial charge in [-0.1, -0.05) is 30.1 Å². The van der Waals surface area contributed by atoms with Crippen molar-refractivity contribution < 1.29 is 4.74 Å². The number of halogens is 3. The van der Waals surface area contributed by atoms with Crippen LogP contribution in [0.15, 0.2) is 30.6 Å². The summed E-state index contributed by atoms with van der Waals surface area (Å²) in [7, 11) is 1.75. The Balaban J connectivity index is 0.00000240. The van der Waals surface area contributed by atoms with E-state index in [0.29, 0.717) is 16.7 Å². The second-order valence-corrected chi connectivity index (χ2v) is 8.06. The first-order valence-corrected chi connectivity index (χ1v) is 10.4.